The Balaban J connectivity index is 3.68. The van der Waals surface area contributed by atoms with E-state index in [-0.39, 0.29) is 5.41 Å². The zero-order chi connectivity index (χ0) is 12.0. The van der Waals surface area contributed by atoms with E-state index in [2.05, 4.69) is 0 Å². The van der Waals surface area contributed by atoms with E-state index in [4.69, 9.17) is 31.4 Å². The highest BCUT2D eigenvalue weighted by molar-refractivity contribution is 6.60. The summed E-state index contributed by atoms with van der Waals surface area (Å²) in [6, 6.07) is 0. The smallest absolute Gasteiger partial charge is 0.110 e. The van der Waals surface area contributed by atoms with E-state index >= 15 is 0 Å². The van der Waals surface area contributed by atoms with Gasteiger partial charge in [0.25, 0.3) is 0 Å². The molecule has 0 aliphatic rings. The van der Waals surface area contributed by atoms with E-state index in [1.165, 1.54) is 0 Å². The van der Waals surface area contributed by atoms with Crippen molar-refractivity contribution >= 4 is 53.2 Å². The van der Waals surface area contributed by atoms with Crippen molar-refractivity contribution in [3.63, 3.8) is 0 Å². The molecule has 0 saturated heterocycles. The van der Waals surface area contributed by atoms with Crippen LogP contribution in [0.15, 0.2) is 0 Å². The maximum Gasteiger partial charge on any atom is 0.114 e. The Hall–Kier alpha value is -0.520. The van der Waals surface area contributed by atoms with E-state index in [1.54, 1.807) is 0 Å². The number of hydrogen-bond donors (Lipinski definition) is 0. The second-order valence-electron chi connectivity index (χ2n) is 4.90. The molecule has 0 fully saturated rings. The summed E-state index contributed by atoms with van der Waals surface area (Å²) in [4.78, 5) is 0. The molecule has 0 spiro atoms. The van der Waals surface area contributed by atoms with Gasteiger partial charge < -0.3 is 0 Å². The van der Waals surface area contributed by atoms with E-state index < -0.39 is 0 Å². The van der Waals surface area contributed by atoms with E-state index in [1.807, 2.05) is 27.7 Å². The SMILES string of the molecule is [B]c1c([B])c(C)c([B])c(C(C)(C)C)c1[B]. The van der Waals surface area contributed by atoms with Crippen LogP contribution in [0.2, 0.25) is 0 Å². The molecule has 15 heavy (non-hydrogen) atoms. The lowest BCUT2D eigenvalue weighted by Crippen LogP contribution is -2.50. The van der Waals surface area contributed by atoms with Gasteiger partial charge in [0, 0.05) is 0 Å². The summed E-state index contributed by atoms with van der Waals surface area (Å²) in [5.41, 5.74) is 3.62. The predicted molar refractivity (Wildman–Crippen MR) is 71.4 cm³/mol. The van der Waals surface area contributed by atoms with Gasteiger partial charge in [0.15, 0.2) is 0 Å². The standard InChI is InChI=1S/C11H12B4/c1-5-7(12)6(11(2,3)4)9(14)10(15)8(5)13/h1-4H3. The Morgan fingerprint density at radius 2 is 1.20 bits per heavy atom. The average Bonchev–Trinajstić information content (AvgIpc) is 2.09. The Morgan fingerprint density at radius 3 is 1.60 bits per heavy atom. The minimum atomic E-state index is -0.138. The number of rotatable bonds is 0. The van der Waals surface area contributed by atoms with Crippen LogP contribution in [-0.4, -0.2) is 31.4 Å². The van der Waals surface area contributed by atoms with Gasteiger partial charge in [-0.1, -0.05) is 37.4 Å². The number of hydrogen-bond acceptors (Lipinski definition) is 0. The van der Waals surface area contributed by atoms with Crippen LogP contribution >= 0.6 is 0 Å². The van der Waals surface area contributed by atoms with Crippen molar-refractivity contribution in [1.82, 2.24) is 0 Å². The van der Waals surface area contributed by atoms with Gasteiger partial charge in [-0.15, -0.1) is 16.4 Å². The zero-order valence-corrected chi connectivity index (χ0v) is 9.81. The van der Waals surface area contributed by atoms with Gasteiger partial charge in [-0.2, -0.15) is 0 Å². The Kier molecular flexibility index (Phi) is 3.19. The van der Waals surface area contributed by atoms with Gasteiger partial charge in [-0.05, 0) is 12.3 Å². The van der Waals surface area contributed by atoms with Crippen LogP contribution in [-0.2, 0) is 5.41 Å². The molecular weight excluding hydrogens is 175 g/mol. The Morgan fingerprint density at radius 1 is 0.733 bits per heavy atom. The van der Waals surface area contributed by atoms with Crippen LogP contribution in [0.1, 0.15) is 31.9 Å². The fraction of sp³-hybridized carbons (Fsp3) is 0.455. The summed E-state index contributed by atoms with van der Waals surface area (Å²) in [5.74, 6) is 0. The summed E-state index contributed by atoms with van der Waals surface area (Å²) < 4.78 is 0. The normalized spacial score (nSPS) is 11.7. The van der Waals surface area contributed by atoms with Crippen LogP contribution < -0.4 is 21.9 Å². The summed E-state index contributed by atoms with van der Waals surface area (Å²) in [5, 5.41) is 0. The Labute approximate surface area is 97.9 Å². The van der Waals surface area contributed by atoms with Crippen molar-refractivity contribution < 1.29 is 0 Å². The first-order valence-corrected chi connectivity index (χ1v) is 4.90. The molecule has 0 unspecified atom stereocenters. The van der Waals surface area contributed by atoms with Crippen molar-refractivity contribution in [2.24, 2.45) is 0 Å². The average molecular weight is 187 g/mol. The molecule has 68 valence electrons. The third kappa shape index (κ3) is 2.04. The molecule has 0 aromatic heterocycles. The Bertz CT molecular complexity index is 373. The maximum absolute atomic E-state index is 6.02. The van der Waals surface area contributed by atoms with Gasteiger partial charge in [0.05, 0.1) is 0 Å². The molecule has 8 radical (unpaired) electrons. The van der Waals surface area contributed by atoms with Gasteiger partial charge in [-0.3, -0.25) is 0 Å². The molecule has 1 rings (SSSR count). The minimum Gasteiger partial charge on any atom is -0.110 e. The first kappa shape index (κ1) is 12.5. The third-order valence-corrected chi connectivity index (χ3v) is 2.68. The molecule has 0 atom stereocenters. The minimum absolute atomic E-state index is 0.138. The monoisotopic (exact) mass is 188 g/mol. The summed E-state index contributed by atoms with van der Waals surface area (Å²) in [7, 11) is 23.6. The van der Waals surface area contributed by atoms with Crippen LogP contribution in [0.5, 0.6) is 0 Å². The topological polar surface area (TPSA) is 0 Å². The highest BCUT2D eigenvalue weighted by atomic mass is 14.2. The van der Waals surface area contributed by atoms with Crippen molar-refractivity contribution in [2.75, 3.05) is 0 Å². The van der Waals surface area contributed by atoms with Crippen LogP contribution in [0.4, 0.5) is 0 Å². The molecule has 0 aliphatic heterocycles. The largest absolute Gasteiger partial charge is 0.114 e. The summed E-state index contributed by atoms with van der Waals surface area (Å²) in [6.45, 7) is 7.99. The highest BCUT2D eigenvalue weighted by Gasteiger charge is 2.20. The van der Waals surface area contributed by atoms with E-state index in [9.17, 15) is 0 Å². The lowest BCUT2D eigenvalue weighted by atomic mass is 9.60. The fourth-order valence-electron chi connectivity index (χ4n) is 1.77. The van der Waals surface area contributed by atoms with Gasteiger partial charge in [0.1, 0.15) is 31.4 Å². The van der Waals surface area contributed by atoms with Crippen LogP contribution in [0, 0.1) is 6.92 Å². The highest BCUT2D eigenvalue weighted by Crippen LogP contribution is 2.17. The molecule has 0 N–H and O–H groups in total. The lowest BCUT2D eigenvalue weighted by Gasteiger charge is -2.29. The fourth-order valence-corrected chi connectivity index (χ4v) is 1.77. The molecule has 1 aromatic rings. The molecule has 0 bridgehead atoms. The second kappa shape index (κ2) is 3.81. The molecule has 0 amide bonds. The molecule has 0 heterocycles. The van der Waals surface area contributed by atoms with Gasteiger partial charge in [0.2, 0.25) is 0 Å². The molecule has 4 heteroatoms. The van der Waals surface area contributed by atoms with E-state index in [0.717, 1.165) is 11.1 Å². The number of benzene rings is 1. The first-order chi connectivity index (χ1) is 6.68. The molecular formula is C11H12B4. The molecule has 0 aliphatic carbocycles. The molecule has 0 nitrogen and oxygen atoms in total. The summed E-state index contributed by atoms with van der Waals surface area (Å²) >= 11 is 0. The van der Waals surface area contributed by atoms with Crippen molar-refractivity contribution in [1.29, 1.82) is 0 Å². The quantitative estimate of drug-likeness (QED) is 0.432. The maximum atomic E-state index is 6.02. The predicted octanol–water partition coefficient (Wildman–Crippen LogP) is -1.53. The van der Waals surface area contributed by atoms with Crippen molar-refractivity contribution in [3.8, 4) is 0 Å². The lowest BCUT2D eigenvalue weighted by molar-refractivity contribution is 0.598. The van der Waals surface area contributed by atoms with Gasteiger partial charge in [-0.25, -0.2) is 0 Å². The van der Waals surface area contributed by atoms with E-state index in [0.29, 0.717) is 21.9 Å². The summed E-state index contributed by atoms with van der Waals surface area (Å²) in [6.07, 6.45) is 0. The molecule has 0 saturated carbocycles. The van der Waals surface area contributed by atoms with Crippen LogP contribution in [0.25, 0.3) is 0 Å². The van der Waals surface area contributed by atoms with Crippen molar-refractivity contribution in [2.45, 2.75) is 33.1 Å². The second-order valence-corrected chi connectivity index (χ2v) is 4.90. The zero-order valence-electron chi connectivity index (χ0n) is 9.81. The third-order valence-electron chi connectivity index (χ3n) is 2.68. The van der Waals surface area contributed by atoms with Crippen LogP contribution in [0.3, 0.4) is 0 Å². The van der Waals surface area contributed by atoms with Gasteiger partial charge >= 0.3 is 0 Å². The first-order valence-electron chi connectivity index (χ1n) is 4.90. The molecule has 1 aromatic carbocycles. The van der Waals surface area contributed by atoms with Crippen molar-refractivity contribution in [3.05, 3.63) is 11.1 Å².